The third-order valence-corrected chi connectivity index (χ3v) is 4.74. The maximum Gasteiger partial charge on any atom is 0.264 e. The van der Waals surface area contributed by atoms with Crippen molar-refractivity contribution in [2.75, 3.05) is 24.4 Å². The summed E-state index contributed by atoms with van der Waals surface area (Å²) in [5, 5.41) is 4.25. The van der Waals surface area contributed by atoms with Gasteiger partial charge in [-0.15, -0.1) is 0 Å². The highest BCUT2D eigenvalue weighted by atomic mass is 16.5. The van der Waals surface area contributed by atoms with Crippen molar-refractivity contribution < 1.29 is 14.3 Å². The Kier molecular flexibility index (Phi) is 4.89. The molecule has 2 N–H and O–H groups in total. The van der Waals surface area contributed by atoms with Crippen LogP contribution < -0.4 is 15.4 Å². The zero-order valence-electron chi connectivity index (χ0n) is 16.5. The Morgan fingerprint density at radius 2 is 2.03 bits per heavy atom. The minimum atomic E-state index is -0.697. The molecule has 150 valence electrons. The van der Waals surface area contributed by atoms with E-state index in [2.05, 4.69) is 10.1 Å². The van der Waals surface area contributed by atoms with Gasteiger partial charge in [0.1, 0.15) is 11.4 Å². The molecule has 0 saturated heterocycles. The summed E-state index contributed by atoms with van der Waals surface area (Å²) in [6, 6.07) is 3.52. The summed E-state index contributed by atoms with van der Waals surface area (Å²) in [5.41, 5.74) is 9.39. The van der Waals surface area contributed by atoms with E-state index in [1.165, 1.54) is 12.0 Å². The molecule has 4 rings (SSSR count). The van der Waals surface area contributed by atoms with Crippen molar-refractivity contribution in [2.24, 2.45) is 0 Å². The van der Waals surface area contributed by atoms with Gasteiger partial charge in [0.2, 0.25) is 0 Å². The molecule has 0 fully saturated rings. The van der Waals surface area contributed by atoms with Crippen LogP contribution in [-0.2, 0) is 11.3 Å². The fourth-order valence-electron chi connectivity index (χ4n) is 3.42. The van der Waals surface area contributed by atoms with Gasteiger partial charge in [-0.2, -0.15) is 5.10 Å². The van der Waals surface area contributed by atoms with Gasteiger partial charge >= 0.3 is 0 Å². The number of aryl methyl sites for hydroxylation is 1. The number of methoxy groups -OCH3 is 1. The topological polar surface area (TPSA) is 108 Å². The molecule has 3 aromatic rings. The molecule has 1 aliphatic heterocycles. The first kappa shape index (κ1) is 18.9. The highest BCUT2D eigenvalue weighted by Crippen LogP contribution is 2.40. The number of hydrogen-bond acceptors (Lipinski definition) is 7. The second-order valence-electron chi connectivity index (χ2n) is 6.52. The number of rotatable bonds is 6. The van der Waals surface area contributed by atoms with E-state index >= 15 is 0 Å². The molecular weight excluding hydrogens is 372 g/mol. The molecule has 1 unspecified atom stereocenters. The summed E-state index contributed by atoms with van der Waals surface area (Å²) >= 11 is 0. The van der Waals surface area contributed by atoms with Crippen molar-refractivity contribution in [3.63, 3.8) is 0 Å². The standard InChI is InChI=1S/C20H22N6O3/c1-4-25-11-13(9-23-25)26-19(27)17-15(21)7-16(24-18(17)20(26)28-3)12-6-14(29-5-2)10-22-8-12/h6-11,20H,4-5H2,1-3H3,(H2,21,24). The number of nitrogens with two attached hydrogens (primary N) is 1. The third kappa shape index (κ3) is 3.19. The molecule has 4 heterocycles. The maximum absolute atomic E-state index is 13.1. The van der Waals surface area contributed by atoms with Crippen LogP contribution >= 0.6 is 0 Å². The van der Waals surface area contributed by atoms with Crippen LogP contribution in [0.1, 0.15) is 36.1 Å². The van der Waals surface area contributed by atoms with Crippen LogP contribution in [0, 0.1) is 0 Å². The summed E-state index contributed by atoms with van der Waals surface area (Å²) in [5.74, 6) is 0.374. The highest BCUT2D eigenvalue weighted by molar-refractivity contribution is 6.13. The van der Waals surface area contributed by atoms with E-state index in [0.29, 0.717) is 47.2 Å². The Morgan fingerprint density at radius 1 is 1.21 bits per heavy atom. The molecule has 9 nitrogen and oxygen atoms in total. The molecule has 0 aliphatic carbocycles. The monoisotopic (exact) mass is 394 g/mol. The van der Waals surface area contributed by atoms with Crippen LogP contribution in [0.4, 0.5) is 11.4 Å². The van der Waals surface area contributed by atoms with Crippen LogP contribution in [0.3, 0.4) is 0 Å². The van der Waals surface area contributed by atoms with Crippen molar-refractivity contribution in [3.05, 3.63) is 48.2 Å². The van der Waals surface area contributed by atoms with E-state index in [1.807, 2.05) is 19.9 Å². The van der Waals surface area contributed by atoms with E-state index in [-0.39, 0.29) is 5.91 Å². The predicted molar refractivity (Wildman–Crippen MR) is 108 cm³/mol. The van der Waals surface area contributed by atoms with Gasteiger partial charge in [-0.3, -0.25) is 19.4 Å². The first-order valence-corrected chi connectivity index (χ1v) is 9.34. The molecule has 0 radical (unpaired) electrons. The van der Waals surface area contributed by atoms with Crippen molar-refractivity contribution in [3.8, 4) is 17.0 Å². The Morgan fingerprint density at radius 3 is 2.72 bits per heavy atom. The van der Waals surface area contributed by atoms with Gasteiger partial charge < -0.3 is 15.2 Å². The average Bonchev–Trinajstić information content (AvgIpc) is 3.30. The third-order valence-electron chi connectivity index (χ3n) is 4.74. The molecule has 0 saturated carbocycles. The number of fused-ring (bicyclic) bond motifs is 1. The second kappa shape index (κ2) is 7.51. The minimum absolute atomic E-state index is 0.264. The smallest absolute Gasteiger partial charge is 0.264 e. The average molecular weight is 394 g/mol. The molecule has 1 aliphatic rings. The molecule has 3 aromatic heterocycles. The molecular formula is C20H22N6O3. The van der Waals surface area contributed by atoms with E-state index in [9.17, 15) is 4.79 Å². The Hall–Kier alpha value is -3.46. The number of hydrogen-bond donors (Lipinski definition) is 1. The number of nitrogen functional groups attached to an aromatic ring is 1. The lowest BCUT2D eigenvalue weighted by molar-refractivity contribution is 0.0813. The summed E-state index contributed by atoms with van der Waals surface area (Å²) in [6.07, 6.45) is 6.04. The SMILES string of the molecule is CCOc1cncc(-c2cc(N)c3c(n2)C(OC)N(c2cnn(CC)c2)C3=O)c1. The first-order valence-electron chi connectivity index (χ1n) is 9.34. The molecule has 1 amide bonds. The molecule has 1 atom stereocenters. The van der Waals surface area contributed by atoms with Crippen molar-refractivity contribution in [1.29, 1.82) is 0 Å². The number of nitrogens with zero attached hydrogens (tertiary/aromatic N) is 5. The molecule has 0 bridgehead atoms. The van der Waals surface area contributed by atoms with Crippen LogP contribution in [-0.4, -0.2) is 39.4 Å². The largest absolute Gasteiger partial charge is 0.492 e. The molecule has 0 spiro atoms. The zero-order valence-corrected chi connectivity index (χ0v) is 16.5. The van der Waals surface area contributed by atoms with Gasteiger partial charge in [0.05, 0.1) is 35.9 Å². The second-order valence-corrected chi connectivity index (χ2v) is 6.52. The van der Waals surface area contributed by atoms with Crippen LogP contribution in [0.2, 0.25) is 0 Å². The minimum Gasteiger partial charge on any atom is -0.492 e. The summed E-state index contributed by atoms with van der Waals surface area (Å²) < 4.78 is 12.9. The van der Waals surface area contributed by atoms with Crippen LogP contribution in [0.15, 0.2) is 36.9 Å². The molecule has 29 heavy (non-hydrogen) atoms. The summed E-state index contributed by atoms with van der Waals surface area (Å²) in [7, 11) is 1.53. The number of ether oxygens (including phenoxy) is 2. The maximum atomic E-state index is 13.1. The van der Waals surface area contributed by atoms with E-state index < -0.39 is 6.23 Å². The number of pyridine rings is 2. The van der Waals surface area contributed by atoms with E-state index in [1.54, 1.807) is 35.5 Å². The molecule has 9 heteroatoms. The zero-order chi connectivity index (χ0) is 20.5. The number of aromatic nitrogens is 4. The Bertz CT molecular complexity index is 1060. The van der Waals surface area contributed by atoms with Gasteiger partial charge in [-0.25, -0.2) is 4.98 Å². The first-order chi connectivity index (χ1) is 14.1. The number of carbonyl (C=O) groups excluding carboxylic acids is 1. The lowest BCUT2D eigenvalue weighted by Crippen LogP contribution is -2.28. The van der Waals surface area contributed by atoms with Crippen molar-refractivity contribution in [1.82, 2.24) is 19.7 Å². The van der Waals surface area contributed by atoms with Gasteiger partial charge in [-0.05, 0) is 26.0 Å². The van der Waals surface area contributed by atoms with Crippen LogP contribution in [0.25, 0.3) is 11.3 Å². The lowest BCUT2D eigenvalue weighted by atomic mass is 10.1. The predicted octanol–water partition coefficient (Wildman–Crippen LogP) is 2.65. The Balaban J connectivity index is 1.79. The van der Waals surface area contributed by atoms with Gasteiger partial charge in [-0.1, -0.05) is 0 Å². The quantitative estimate of drug-likeness (QED) is 0.684. The van der Waals surface area contributed by atoms with E-state index in [0.717, 1.165) is 5.56 Å². The highest BCUT2D eigenvalue weighted by Gasteiger charge is 2.42. The number of amides is 1. The van der Waals surface area contributed by atoms with Crippen molar-refractivity contribution >= 4 is 17.3 Å². The normalized spacial score (nSPS) is 15.6. The fraction of sp³-hybridized carbons (Fsp3) is 0.300. The summed E-state index contributed by atoms with van der Waals surface area (Å²) in [4.78, 5) is 23.6. The molecule has 0 aromatic carbocycles. The Labute approximate surface area is 168 Å². The van der Waals surface area contributed by atoms with Gasteiger partial charge in [0.15, 0.2) is 6.23 Å². The lowest BCUT2D eigenvalue weighted by Gasteiger charge is -2.21. The fourth-order valence-corrected chi connectivity index (χ4v) is 3.42. The van der Waals surface area contributed by atoms with Gasteiger partial charge in [0, 0.05) is 37.3 Å². The van der Waals surface area contributed by atoms with E-state index in [4.69, 9.17) is 20.2 Å². The van der Waals surface area contributed by atoms with Gasteiger partial charge in [0.25, 0.3) is 5.91 Å². The van der Waals surface area contributed by atoms with Crippen molar-refractivity contribution in [2.45, 2.75) is 26.6 Å². The van der Waals surface area contributed by atoms with Crippen LogP contribution in [0.5, 0.6) is 5.75 Å². The number of carbonyl (C=O) groups is 1. The number of anilines is 2. The summed E-state index contributed by atoms with van der Waals surface area (Å²) in [6.45, 7) is 5.11.